The Morgan fingerprint density at radius 1 is 1.36 bits per heavy atom. The van der Waals surface area contributed by atoms with Crippen molar-refractivity contribution in [3.8, 4) is 0 Å². The predicted octanol–water partition coefficient (Wildman–Crippen LogP) is -0.529. The summed E-state index contributed by atoms with van der Waals surface area (Å²) in [4.78, 5) is 17.2. The third kappa shape index (κ3) is 2.99. The molecule has 5 nitrogen and oxygen atoms in total. The fraction of sp³-hybridized carbons (Fsp3) is 1.00. The van der Waals surface area contributed by atoms with Crippen molar-refractivity contribution in [3.05, 3.63) is 0 Å². The van der Waals surface area contributed by atoms with Crippen LogP contribution in [0.3, 0.4) is 0 Å². The van der Waals surface area contributed by atoms with Crippen LogP contribution in [0.2, 0.25) is 0 Å². The van der Waals surface area contributed by atoms with Gasteiger partial charge in [0.25, 0.3) is 0 Å². The maximum Gasteiger partial charge on any atom is 0.329 e. The monoisotopic (exact) mass is 180 g/mol. The Bertz CT molecular complexity index is 127. The van der Waals surface area contributed by atoms with Crippen LogP contribution in [0.5, 0.6) is 0 Å². The summed E-state index contributed by atoms with van der Waals surface area (Å²) in [6.07, 6.45) is 1.02. The summed E-state index contributed by atoms with van der Waals surface area (Å²) in [5, 5.41) is 5.98. The van der Waals surface area contributed by atoms with Crippen LogP contribution in [0.4, 0.5) is 0 Å². The summed E-state index contributed by atoms with van der Waals surface area (Å²) in [6.45, 7) is 3.38. The second-order valence-corrected chi connectivity index (χ2v) is 3.27. The van der Waals surface area contributed by atoms with E-state index in [1.165, 1.54) is 0 Å². The van der Waals surface area contributed by atoms with Crippen molar-refractivity contribution in [2.24, 2.45) is 0 Å². The summed E-state index contributed by atoms with van der Waals surface area (Å²) < 4.78 is 4.83. The van der Waals surface area contributed by atoms with E-state index in [1.807, 2.05) is 0 Å². The van der Waals surface area contributed by atoms with Crippen molar-refractivity contribution in [1.29, 1.82) is 0 Å². The molecule has 1 heterocycles. The van der Waals surface area contributed by atoms with E-state index < -0.39 is 14.5 Å². The Labute approximate surface area is 66.8 Å². The molecule has 0 aliphatic carbocycles. The zero-order valence-electron chi connectivity index (χ0n) is 6.37. The molecule has 1 aliphatic rings. The van der Waals surface area contributed by atoms with Crippen LogP contribution in [0.1, 0.15) is 13.3 Å². The molecule has 0 saturated carbocycles. The lowest BCUT2D eigenvalue weighted by molar-refractivity contribution is -0.00681. The quantitative estimate of drug-likeness (QED) is 0.430. The minimum Gasteiger partial charge on any atom is -0.328 e. The van der Waals surface area contributed by atoms with Gasteiger partial charge in [-0.1, -0.05) is 0 Å². The molecular formula is C5H13N2O3P. The molecule has 6 heteroatoms. The molecule has 0 aromatic rings. The molecule has 1 rings (SSSR count). The molecule has 1 fully saturated rings. The van der Waals surface area contributed by atoms with Crippen LogP contribution >= 0.6 is 8.60 Å². The zero-order valence-corrected chi connectivity index (χ0v) is 7.27. The molecule has 1 saturated heterocycles. The summed E-state index contributed by atoms with van der Waals surface area (Å²) in [5.41, 5.74) is 0. The van der Waals surface area contributed by atoms with Gasteiger partial charge in [0, 0.05) is 13.1 Å². The normalized spacial score (nSPS) is 24.0. The van der Waals surface area contributed by atoms with E-state index in [0.29, 0.717) is 0 Å². The van der Waals surface area contributed by atoms with Crippen LogP contribution in [-0.2, 0) is 4.52 Å². The first-order valence-corrected chi connectivity index (χ1v) is 4.66. The van der Waals surface area contributed by atoms with E-state index in [9.17, 15) is 0 Å². The number of nitrogens with one attached hydrogen (secondary N) is 2. The molecule has 0 bridgehead atoms. The van der Waals surface area contributed by atoms with E-state index in [2.05, 4.69) is 10.6 Å². The second-order valence-electron chi connectivity index (χ2n) is 2.58. The van der Waals surface area contributed by atoms with Crippen molar-refractivity contribution in [1.82, 2.24) is 10.6 Å². The van der Waals surface area contributed by atoms with Crippen molar-refractivity contribution >= 4 is 8.60 Å². The van der Waals surface area contributed by atoms with Crippen LogP contribution < -0.4 is 10.6 Å². The van der Waals surface area contributed by atoms with Gasteiger partial charge in [-0.25, -0.2) is 0 Å². The molecule has 66 valence electrons. The van der Waals surface area contributed by atoms with Gasteiger partial charge in [-0.2, -0.15) is 0 Å². The van der Waals surface area contributed by atoms with E-state index in [-0.39, 0.29) is 0 Å². The zero-order chi connectivity index (χ0) is 8.32. The molecule has 0 spiro atoms. The molecular weight excluding hydrogens is 167 g/mol. The number of rotatable bonds is 2. The van der Waals surface area contributed by atoms with E-state index in [4.69, 9.17) is 14.3 Å². The Kier molecular flexibility index (Phi) is 3.18. The highest BCUT2D eigenvalue weighted by atomic mass is 31.2. The Morgan fingerprint density at radius 3 is 2.36 bits per heavy atom. The van der Waals surface area contributed by atoms with E-state index in [0.717, 1.165) is 19.5 Å². The fourth-order valence-electron chi connectivity index (χ4n) is 1.03. The minimum atomic E-state index is -2.30. The molecule has 0 atom stereocenters. The van der Waals surface area contributed by atoms with Crippen molar-refractivity contribution in [2.45, 2.75) is 19.2 Å². The summed E-state index contributed by atoms with van der Waals surface area (Å²) in [5.74, 6) is -0.770. The van der Waals surface area contributed by atoms with Gasteiger partial charge in [-0.3, -0.25) is 15.2 Å². The van der Waals surface area contributed by atoms with Crippen molar-refractivity contribution in [3.63, 3.8) is 0 Å². The first-order valence-electron chi connectivity index (χ1n) is 3.49. The highest BCUT2D eigenvalue weighted by Gasteiger charge is 2.29. The Hall–Kier alpha value is 0.230. The average molecular weight is 180 g/mol. The Balaban J connectivity index is 2.37. The van der Waals surface area contributed by atoms with Gasteiger partial charge in [0.15, 0.2) is 5.85 Å². The van der Waals surface area contributed by atoms with Crippen LogP contribution in [-0.4, -0.2) is 28.7 Å². The number of hydrogen-bond acceptors (Lipinski definition) is 5. The lowest BCUT2D eigenvalue weighted by Crippen LogP contribution is -2.59. The standard InChI is InChI=1S/C5H13N2O3P/c1-5(10-11(8)9)6-3-2-4-7-5/h6-9H,2-4H2,1H3. The lowest BCUT2D eigenvalue weighted by atomic mass is 10.3. The first kappa shape index (κ1) is 9.32. The lowest BCUT2D eigenvalue weighted by Gasteiger charge is -2.35. The van der Waals surface area contributed by atoms with Gasteiger partial charge < -0.3 is 9.79 Å². The summed E-state index contributed by atoms with van der Waals surface area (Å²) >= 11 is 0. The predicted molar refractivity (Wildman–Crippen MR) is 41.5 cm³/mol. The number of hydrogen-bond donors (Lipinski definition) is 4. The SMILES string of the molecule is CC1(OP(O)O)NCCCN1. The molecule has 0 radical (unpaired) electrons. The molecule has 1 aliphatic heterocycles. The van der Waals surface area contributed by atoms with Crippen LogP contribution in [0.15, 0.2) is 0 Å². The van der Waals surface area contributed by atoms with Gasteiger partial charge in [-0.15, -0.1) is 0 Å². The van der Waals surface area contributed by atoms with Crippen LogP contribution in [0, 0.1) is 0 Å². The topological polar surface area (TPSA) is 73.8 Å². The highest BCUT2D eigenvalue weighted by molar-refractivity contribution is 7.39. The second kappa shape index (κ2) is 3.76. The summed E-state index contributed by atoms with van der Waals surface area (Å²) in [7, 11) is -2.30. The van der Waals surface area contributed by atoms with E-state index >= 15 is 0 Å². The third-order valence-corrected chi connectivity index (χ3v) is 2.07. The smallest absolute Gasteiger partial charge is 0.328 e. The maximum atomic E-state index is 8.59. The van der Waals surface area contributed by atoms with E-state index in [1.54, 1.807) is 6.92 Å². The highest BCUT2D eigenvalue weighted by Crippen LogP contribution is 2.30. The molecule has 11 heavy (non-hydrogen) atoms. The van der Waals surface area contributed by atoms with Crippen molar-refractivity contribution < 1.29 is 14.3 Å². The first-order chi connectivity index (χ1) is 5.12. The molecule has 0 unspecified atom stereocenters. The Morgan fingerprint density at radius 2 is 1.91 bits per heavy atom. The third-order valence-electron chi connectivity index (χ3n) is 1.54. The maximum absolute atomic E-state index is 8.59. The van der Waals surface area contributed by atoms with Gasteiger partial charge >= 0.3 is 8.60 Å². The largest absolute Gasteiger partial charge is 0.329 e. The van der Waals surface area contributed by atoms with Gasteiger partial charge in [0.05, 0.1) is 0 Å². The van der Waals surface area contributed by atoms with Crippen molar-refractivity contribution in [2.75, 3.05) is 13.1 Å². The molecule has 0 aromatic heterocycles. The van der Waals surface area contributed by atoms with Gasteiger partial charge in [-0.05, 0) is 13.3 Å². The van der Waals surface area contributed by atoms with Gasteiger partial charge in [0.2, 0.25) is 0 Å². The summed E-state index contributed by atoms with van der Waals surface area (Å²) in [6, 6.07) is 0. The van der Waals surface area contributed by atoms with Crippen LogP contribution in [0.25, 0.3) is 0 Å². The minimum absolute atomic E-state index is 0.770. The molecule has 0 amide bonds. The fourth-order valence-corrected chi connectivity index (χ4v) is 1.49. The molecule has 0 aromatic carbocycles. The van der Waals surface area contributed by atoms with Gasteiger partial charge in [0.1, 0.15) is 0 Å². The average Bonchev–Trinajstić information content (AvgIpc) is 1.85. The molecule has 4 N–H and O–H groups in total.